The summed E-state index contributed by atoms with van der Waals surface area (Å²) in [5, 5.41) is 1.01. The molecule has 1 N–H and O–H groups in total. The molecule has 2 heterocycles. The number of piperidine rings is 1. The van der Waals surface area contributed by atoms with Gasteiger partial charge in [-0.3, -0.25) is 9.69 Å². The summed E-state index contributed by atoms with van der Waals surface area (Å²) in [6.07, 6.45) is 2.25. The Kier molecular flexibility index (Phi) is 5.84. The van der Waals surface area contributed by atoms with E-state index in [2.05, 4.69) is 47.8 Å². The Labute approximate surface area is 173 Å². The highest BCUT2D eigenvalue weighted by molar-refractivity contribution is 6.14. The van der Waals surface area contributed by atoms with Crippen LogP contribution in [0.3, 0.4) is 0 Å². The van der Waals surface area contributed by atoms with Crippen molar-refractivity contribution in [2.45, 2.75) is 38.8 Å². The fourth-order valence-electron chi connectivity index (χ4n) is 4.53. The molecule has 4 heteroatoms. The average molecular weight is 390 g/mol. The zero-order chi connectivity index (χ0) is 20.4. The number of H-pyrrole nitrogens is 1. The molecule has 1 aromatic heterocycles. The van der Waals surface area contributed by atoms with Crippen molar-refractivity contribution >= 4 is 16.7 Å². The van der Waals surface area contributed by atoms with E-state index >= 15 is 0 Å². The van der Waals surface area contributed by atoms with Gasteiger partial charge in [0.1, 0.15) is 0 Å². The molecule has 0 unspecified atom stereocenters. The zero-order valence-electron chi connectivity index (χ0n) is 17.7. The van der Waals surface area contributed by atoms with E-state index in [0.29, 0.717) is 18.6 Å². The van der Waals surface area contributed by atoms with E-state index in [1.807, 2.05) is 42.5 Å². The van der Waals surface area contributed by atoms with Gasteiger partial charge in [-0.2, -0.15) is 0 Å². The van der Waals surface area contributed by atoms with Crippen LogP contribution in [0.25, 0.3) is 22.2 Å². The highest BCUT2D eigenvalue weighted by atomic mass is 16.1. The van der Waals surface area contributed by atoms with Crippen molar-refractivity contribution in [1.29, 1.82) is 0 Å². The van der Waals surface area contributed by atoms with Gasteiger partial charge in [0.2, 0.25) is 0 Å². The van der Waals surface area contributed by atoms with Gasteiger partial charge in [-0.1, -0.05) is 48.5 Å². The van der Waals surface area contributed by atoms with Crippen molar-refractivity contribution in [3.63, 3.8) is 0 Å². The van der Waals surface area contributed by atoms with Crippen LogP contribution in [-0.2, 0) is 0 Å². The number of likely N-dealkylation sites (N-methyl/N-ethyl adjacent to an activating group) is 1. The Hall–Kier alpha value is -2.43. The second kappa shape index (κ2) is 8.52. The summed E-state index contributed by atoms with van der Waals surface area (Å²) < 4.78 is 0. The number of carbonyl (C=O) groups excluding carboxylic acids is 1. The first kappa shape index (κ1) is 19.9. The summed E-state index contributed by atoms with van der Waals surface area (Å²) in [5.74, 6) is 0.190. The number of Topliss-reactive ketones (excluding diaryl/α,β-unsaturated/α-hetero) is 1. The fraction of sp³-hybridized carbons (Fsp3) is 0.400. The third-order valence-electron chi connectivity index (χ3n) is 6.29. The summed E-state index contributed by atoms with van der Waals surface area (Å²) in [5.41, 5.74) is 3.82. The topological polar surface area (TPSA) is 39.3 Å². The number of nitrogens with one attached hydrogen (secondary N) is 1. The number of benzene rings is 2. The Balaban J connectivity index is 1.57. The van der Waals surface area contributed by atoms with Crippen LogP contribution in [0.15, 0.2) is 54.6 Å². The van der Waals surface area contributed by atoms with Crippen molar-refractivity contribution in [2.75, 3.05) is 26.7 Å². The molecule has 0 bridgehead atoms. The Bertz CT molecular complexity index is 968. The molecular formula is C25H31N3O. The number of hydrogen-bond donors (Lipinski definition) is 1. The maximum Gasteiger partial charge on any atom is 0.179 e. The molecule has 0 aliphatic carbocycles. The Morgan fingerprint density at radius 2 is 1.72 bits per heavy atom. The van der Waals surface area contributed by atoms with Crippen LogP contribution in [0.2, 0.25) is 0 Å². The van der Waals surface area contributed by atoms with Gasteiger partial charge in [0.05, 0.1) is 17.8 Å². The second-order valence-corrected chi connectivity index (χ2v) is 8.49. The van der Waals surface area contributed by atoms with Crippen LogP contribution in [0.1, 0.15) is 37.0 Å². The van der Waals surface area contributed by atoms with Crippen molar-refractivity contribution < 1.29 is 4.79 Å². The lowest BCUT2D eigenvalue weighted by Gasteiger charge is -2.38. The van der Waals surface area contributed by atoms with E-state index in [4.69, 9.17) is 0 Å². The summed E-state index contributed by atoms with van der Waals surface area (Å²) in [6.45, 7) is 7.20. The van der Waals surface area contributed by atoms with Crippen LogP contribution < -0.4 is 0 Å². The molecule has 0 radical (unpaired) electrons. The van der Waals surface area contributed by atoms with Crippen LogP contribution in [0.4, 0.5) is 0 Å². The van der Waals surface area contributed by atoms with Crippen molar-refractivity contribution in [3.8, 4) is 11.3 Å². The average Bonchev–Trinajstić information content (AvgIpc) is 3.14. The zero-order valence-corrected chi connectivity index (χ0v) is 17.7. The third kappa shape index (κ3) is 4.14. The van der Waals surface area contributed by atoms with E-state index in [1.54, 1.807) is 0 Å². The number of rotatable bonds is 6. The highest BCUT2D eigenvalue weighted by Crippen LogP contribution is 2.31. The summed E-state index contributed by atoms with van der Waals surface area (Å²) in [7, 11) is 2.10. The fourth-order valence-corrected chi connectivity index (χ4v) is 4.53. The molecule has 4 rings (SSSR count). The molecule has 1 aliphatic rings. The minimum absolute atomic E-state index is 0.190. The number of likely N-dealkylation sites (tertiary alicyclic amines) is 1. The lowest BCUT2D eigenvalue weighted by molar-refractivity contribution is 0.0820. The van der Waals surface area contributed by atoms with Gasteiger partial charge < -0.3 is 9.88 Å². The molecule has 2 aromatic carbocycles. The van der Waals surface area contributed by atoms with Crippen LogP contribution in [-0.4, -0.2) is 59.3 Å². The minimum atomic E-state index is 0.190. The van der Waals surface area contributed by atoms with Gasteiger partial charge >= 0.3 is 0 Å². The Morgan fingerprint density at radius 3 is 2.41 bits per heavy atom. The van der Waals surface area contributed by atoms with Gasteiger partial charge in [0, 0.05) is 23.0 Å². The van der Waals surface area contributed by atoms with E-state index in [0.717, 1.165) is 53.7 Å². The Morgan fingerprint density at radius 1 is 1.07 bits per heavy atom. The van der Waals surface area contributed by atoms with Gasteiger partial charge in [-0.05, 0) is 58.5 Å². The van der Waals surface area contributed by atoms with Crippen molar-refractivity contribution in [3.05, 3.63) is 60.2 Å². The van der Waals surface area contributed by atoms with E-state index < -0.39 is 0 Å². The van der Waals surface area contributed by atoms with Crippen LogP contribution >= 0.6 is 0 Å². The molecule has 152 valence electrons. The summed E-state index contributed by atoms with van der Waals surface area (Å²) >= 11 is 0. The lowest BCUT2D eigenvalue weighted by Crippen LogP contribution is -2.46. The molecule has 0 amide bonds. The molecule has 1 fully saturated rings. The van der Waals surface area contributed by atoms with Gasteiger partial charge in [-0.15, -0.1) is 0 Å². The number of carbonyl (C=O) groups is 1. The predicted octanol–water partition coefficient (Wildman–Crippen LogP) is 4.82. The number of fused-ring (bicyclic) bond motifs is 1. The first-order valence-electron chi connectivity index (χ1n) is 10.7. The maximum absolute atomic E-state index is 13.5. The molecule has 0 atom stereocenters. The molecule has 0 spiro atoms. The molecule has 1 aliphatic heterocycles. The second-order valence-electron chi connectivity index (χ2n) is 8.49. The predicted molar refractivity (Wildman–Crippen MR) is 120 cm³/mol. The maximum atomic E-state index is 13.5. The largest absolute Gasteiger partial charge is 0.354 e. The number of hydrogen-bond acceptors (Lipinski definition) is 3. The van der Waals surface area contributed by atoms with Crippen molar-refractivity contribution in [1.82, 2.24) is 14.8 Å². The first-order chi connectivity index (χ1) is 14.0. The molecule has 4 nitrogen and oxygen atoms in total. The number of para-hydroxylation sites is 1. The smallest absolute Gasteiger partial charge is 0.179 e. The number of aromatic amines is 1. The van der Waals surface area contributed by atoms with Gasteiger partial charge in [0.15, 0.2) is 5.78 Å². The molecule has 0 saturated carbocycles. The quantitative estimate of drug-likeness (QED) is 0.614. The molecule has 29 heavy (non-hydrogen) atoms. The van der Waals surface area contributed by atoms with Crippen molar-refractivity contribution in [2.24, 2.45) is 0 Å². The molecule has 1 saturated heterocycles. The number of nitrogens with zero attached hydrogens (tertiary/aromatic N) is 2. The molecular weight excluding hydrogens is 358 g/mol. The summed E-state index contributed by atoms with van der Waals surface area (Å²) in [4.78, 5) is 21.7. The van der Waals surface area contributed by atoms with E-state index in [9.17, 15) is 4.79 Å². The van der Waals surface area contributed by atoms with Crippen LogP contribution in [0, 0.1) is 0 Å². The highest BCUT2D eigenvalue weighted by Gasteiger charge is 2.27. The van der Waals surface area contributed by atoms with Gasteiger partial charge in [0.25, 0.3) is 0 Å². The third-order valence-corrected chi connectivity index (χ3v) is 6.29. The summed E-state index contributed by atoms with van der Waals surface area (Å²) in [6, 6.07) is 19.3. The van der Waals surface area contributed by atoms with Crippen LogP contribution in [0.5, 0.6) is 0 Å². The van der Waals surface area contributed by atoms with E-state index in [-0.39, 0.29) is 5.78 Å². The number of aromatic nitrogens is 1. The normalized spacial score (nSPS) is 16.2. The monoisotopic (exact) mass is 389 g/mol. The molecule has 3 aromatic rings. The standard InChI is InChI=1S/C25H31N3O/c1-18(2)28-15-13-20(14-16-28)27(3)17-23(29)24-21-11-7-8-12-22(21)26-25(24)19-9-5-4-6-10-19/h4-12,18,20,26H,13-17H2,1-3H3. The van der Waals surface area contributed by atoms with Gasteiger partial charge in [-0.25, -0.2) is 0 Å². The minimum Gasteiger partial charge on any atom is -0.354 e. The lowest BCUT2D eigenvalue weighted by atomic mass is 9.99. The number of ketones is 1. The SMILES string of the molecule is CC(C)N1CCC(N(C)CC(=O)c2c(-c3ccccc3)[nH]c3ccccc23)CC1. The van der Waals surface area contributed by atoms with E-state index in [1.165, 1.54) is 0 Å². The first-order valence-corrected chi connectivity index (χ1v) is 10.7.